The van der Waals surface area contributed by atoms with Gasteiger partial charge in [0, 0.05) is 17.8 Å². The summed E-state index contributed by atoms with van der Waals surface area (Å²) in [7, 11) is 0. The molecule has 0 radical (unpaired) electrons. The summed E-state index contributed by atoms with van der Waals surface area (Å²) < 4.78 is 0. The van der Waals surface area contributed by atoms with Gasteiger partial charge in [-0.15, -0.1) is 11.6 Å². The van der Waals surface area contributed by atoms with E-state index in [1.807, 2.05) is 0 Å². The van der Waals surface area contributed by atoms with E-state index in [0.29, 0.717) is 18.3 Å². The fourth-order valence-corrected chi connectivity index (χ4v) is 2.66. The van der Waals surface area contributed by atoms with Crippen LogP contribution in [0.4, 0.5) is 0 Å². The van der Waals surface area contributed by atoms with Gasteiger partial charge in [-0.25, -0.2) is 0 Å². The highest BCUT2D eigenvalue weighted by molar-refractivity contribution is 6.18. The maximum atomic E-state index is 6.03. The molecule has 18 heavy (non-hydrogen) atoms. The Morgan fingerprint density at radius 1 is 1.17 bits per heavy atom. The first-order chi connectivity index (χ1) is 8.61. The third-order valence-corrected chi connectivity index (χ3v) is 4.61. The third kappa shape index (κ3) is 2.25. The minimum atomic E-state index is -0.0637. The van der Waals surface area contributed by atoms with Crippen LogP contribution in [0.2, 0.25) is 0 Å². The Morgan fingerprint density at radius 3 is 2.44 bits per heavy atom. The average molecular weight is 262 g/mol. The van der Waals surface area contributed by atoms with Gasteiger partial charge in [-0.05, 0) is 22.3 Å². The van der Waals surface area contributed by atoms with Crippen LogP contribution in [0, 0.1) is 5.92 Å². The molecule has 0 saturated heterocycles. The molecule has 0 fully saturated rings. The molecule has 0 aromatic heterocycles. The lowest BCUT2D eigenvalue weighted by Gasteiger charge is -2.34. The Bertz CT molecular complexity index is 537. The molecule has 0 bridgehead atoms. The second-order valence-corrected chi connectivity index (χ2v) is 5.55. The molecule has 0 aliphatic rings. The number of nitrogens with two attached hydrogens (primary N) is 1. The van der Waals surface area contributed by atoms with Gasteiger partial charge in [0.05, 0.1) is 0 Å². The van der Waals surface area contributed by atoms with E-state index < -0.39 is 0 Å². The predicted octanol–water partition coefficient (Wildman–Crippen LogP) is 3.93. The molecule has 2 atom stereocenters. The van der Waals surface area contributed by atoms with E-state index in [1.165, 1.54) is 16.3 Å². The fourth-order valence-electron chi connectivity index (χ4n) is 2.32. The highest BCUT2D eigenvalue weighted by atomic mass is 35.5. The van der Waals surface area contributed by atoms with E-state index in [1.54, 1.807) is 0 Å². The Kier molecular flexibility index (Phi) is 3.94. The van der Waals surface area contributed by atoms with Crippen molar-refractivity contribution in [3.05, 3.63) is 48.0 Å². The minimum absolute atomic E-state index is 0.0637. The molecular formula is C16H20ClN. The van der Waals surface area contributed by atoms with E-state index in [0.717, 1.165) is 0 Å². The van der Waals surface area contributed by atoms with Crippen LogP contribution in [-0.4, -0.2) is 12.4 Å². The van der Waals surface area contributed by atoms with Crippen molar-refractivity contribution in [2.75, 3.05) is 12.4 Å². The summed E-state index contributed by atoms with van der Waals surface area (Å²) in [5.41, 5.74) is 7.21. The normalized spacial score (nSPS) is 16.4. The van der Waals surface area contributed by atoms with Crippen LogP contribution in [0.5, 0.6) is 0 Å². The molecule has 0 aliphatic heterocycles. The number of hydrogen-bond donors (Lipinski definition) is 1. The summed E-state index contributed by atoms with van der Waals surface area (Å²) in [5, 5.41) is 2.52. The van der Waals surface area contributed by atoms with E-state index in [9.17, 15) is 0 Å². The maximum absolute atomic E-state index is 6.03. The largest absolute Gasteiger partial charge is 0.330 e. The Hall–Kier alpha value is -1.05. The van der Waals surface area contributed by atoms with Gasteiger partial charge < -0.3 is 5.73 Å². The molecule has 0 saturated carbocycles. The molecule has 2 aromatic carbocycles. The SMILES string of the molecule is CC(CCl)C(C)(CN)c1ccc2ccccc2c1. The van der Waals surface area contributed by atoms with Gasteiger partial charge in [0.2, 0.25) is 0 Å². The zero-order valence-corrected chi connectivity index (χ0v) is 11.7. The number of rotatable bonds is 4. The van der Waals surface area contributed by atoms with Gasteiger partial charge in [-0.1, -0.05) is 56.3 Å². The van der Waals surface area contributed by atoms with Crippen molar-refractivity contribution < 1.29 is 0 Å². The molecule has 0 aliphatic carbocycles. The smallest absolute Gasteiger partial charge is 0.0258 e. The van der Waals surface area contributed by atoms with Crippen molar-refractivity contribution in [3.63, 3.8) is 0 Å². The lowest BCUT2D eigenvalue weighted by molar-refractivity contribution is 0.351. The molecule has 0 amide bonds. The molecule has 2 rings (SSSR count). The van der Waals surface area contributed by atoms with Crippen LogP contribution in [0.3, 0.4) is 0 Å². The molecule has 2 unspecified atom stereocenters. The first-order valence-corrected chi connectivity index (χ1v) is 6.90. The van der Waals surface area contributed by atoms with Crippen LogP contribution >= 0.6 is 11.6 Å². The first kappa shape index (κ1) is 13.4. The van der Waals surface area contributed by atoms with Gasteiger partial charge >= 0.3 is 0 Å². The number of halogens is 1. The second kappa shape index (κ2) is 5.29. The number of benzene rings is 2. The van der Waals surface area contributed by atoms with Gasteiger partial charge in [0.15, 0.2) is 0 Å². The van der Waals surface area contributed by atoms with Crippen molar-refractivity contribution in [1.29, 1.82) is 0 Å². The zero-order chi connectivity index (χ0) is 13.2. The third-order valence-electron chi connectivity index (χ3n) is 4.15. The van der Waals surface area contributed by atoms with Crippen molar-refractivity contribution in [1.82, 2.24) is 0 Å². The van der Waals surface area contributed by atoms with Crippen LogP contribution in [-0.2, 0) is 5.41 Å². The van der Waals surface area contributed by atoms with Crippen molar-refractivity contribution in [2.24, 2.45) is 11.7 Å². The quantitative estimate of drug-likeness (QED) is 0.829. The number of fused-ring (bicyclic) bond motifs is 1. The molecule has 2 aromatic rings. The summed E-state index contributed by atoms with van der Waals surface area (Å²) >= 11 is 6.03. The van der Waals surface area contributed by atoms with E-state index in [4.69, 9.17) is 17.3 Å². The van der Waals surface area contributed by atoms with E-state index in [-0.39, 0.29) is 5.41 Å². The second-order valence-electron chi connectivity index (χ2n) is 5.24. The molecule has 2 heteroatoms. The maximum Gasteiger partial charge on any atom is 0.0258 e. The lowest BCUT2D eigenvalue weighted by atomic mass is 9.73. The molecule has 0 heterocycles. The topological polar surface area (TPSA) is 26.0 Å². The van der Waals surface area contributed by atoms with E-state index >= 15 is 0 Å². The van der Waals surface area contributed by atoms with Crippen molar-refractivity contribution in [3.8, 4) is 0 Å². The van der Waals surface area contributed by atoms with Crippen LogP contribution in [0.25, 0.3) is 10.8 Å². The van der Waals surface area contributed by atoms with Crippen LogP contribution in [0.1, 0.15) is 19.4 Å². The highest BCUT2D eigenvalue weighted by Gasteiger charge is 2.31. The minimum Gasteiger partial charge on any atom is -0.330 e. The summed E-state index contributed by atoms with van der Waals surface area (Å²) in [6.45, 7) is 4.97. The van der Waals surface area contributed by atoms with Gasteiger partial charge in [-0.2, -0.15) is 0 Å². The van der Waals surface area contributed by atoms with Crippen LogP contribution in [0.15, 0.2) is 42.5 Å². The number of alkyl halides is 1. The monoisotopic (exact) mass is 261 g/mol. The molecule has 96 valence electrons. The van der Waals surface area contributed by atoms with Gasteiger partial charge in [0.1, 0.15) is 0 Å². The first-order valence-electron chi connectivity index (χ1n) is 6.37. The Labute approximate surface area is 114 Å². The van der Waals surface area contributed by atoms with Crippen molar-refractivity contribution in [2.45, 2.75) is 19.3 Å². The Balaban J connectivity index is 2.52. The zero-order valence-electron chi connectivity index (χ0n) is 11.0. The fraction of sp³-hybridized carbons (Fsp3) is 0.375. The Morgan fingerprint density at radius 2 is 1.83 bits per heavy atom. The van der Waals surface area contributed by atoms with Crippen molar-refractivity contribution >= 4 is 22.4 Å². The summed E-state index contributed by atoms with van der Waals surface area (Å²) in [4.78, 5) is 0. The van der Waals surface area contributed by atoms with Crippen LogP contribution < -0.4 is 5.73 Å². The predicted molar refractivity (Wildman–Crippen MR) is 80.2 cm³/mol. The summed E-state index contributed by atoms with van der Waals surface area (Å²) in [5.74, 6) is 0.978. The standard InChI is InChI=1S/C16H20ClN/c1-12(10-17)16(2,11-18)15-8-7-13-5-3-4-6-14(13)9-15/h3-9,12H,10-11,18H2,1-2H3. The van der Waals surface area contributed by atoms with Gasteiger partial charge in [0.25, 0.3) is 0 Å². The molecule has 1 nitrogen and oxygen atoms in total. The lowest BCUT2D eigenvalue weighted by Crippen LogP contribution is -2.39. The molecule has 2 N–H and O–H groups in total. The molecular weight excluding hydrogens is 242 g/mol. The van der Waals surface area contributed by atoms with Gasteiger partial charge in [-0.3, -0.25) is 0 Å². The summed E-state index contributed by atoms with van der Waals surface area (Å²) in [6, 6.07) is 15.0. The van der Waals surface area contributed by atoms with E-state index in [2.05, 4.69) is 56.3 Å². The number of hydrogen-bond acceptors (Lipinski definition) is 1. The molecule has 0 spiro atoms. The average Bonchev–Trinajstić information content (AvgIpc) is 2.44. The highest BCUT2D eigenvalue weighted by Crippen LogP contribution is 2.33. The summed E-state index contributed by atoms with van der Waals surface area (Å²) in [6.07, 6.45) is 0.